The van der Waals surface area contributed by atoms with E-state index in [1.165, 1.54) is 12.8 Å². The predicted octanol–water partition coefficient (Wildman–Crippen LogP) is 2.50. The lowest BCUT2D eigenvalue weighted by Crippen LogP contribution is -2.47. The second-order valence-electron chi connectivity index (χ2n) is 7.28. The van der Waals surface area contributed by atoms with Crippen LogP contribution in [-0.2, 0) is 11.2 Å². The van der Waals surface area contributed by atoms with Crippen molar-refractivity contribution in [1.82, 2.24) is 19.6 Å². The number of likely N-dealkylation sites (N-methyl/N-ethyl adjacent to an activating group) is 1. The van der Waals surface area contributed by atoms with Crippen molar-refractivity contribution in [2.24, 2.45) is 0 Å². The van der Waals surface area contributed by atoms with Gasteiger partial charge in [0.2, 0.25) is 5.91 Å². The van der Waals surface area contributed by atoms with E-state index in [0.29, 0.717) is 18.5 Å². The van der Waals surface area contributed by atoms with Crippen molar-refractivity contribution in [1.29, 1.82) is 0 Å². The van der Waals surface area contributed by atoms with Crippen LogP contribution in [0.1, 0.15) is 31.2 Å². The molecule has 5 nitrogen and oxygen atoms in total. The first-order chi connectivity index (χ1) is 12.2. The zero-order valence-corrected chi connectivity index (χ0v) is 14.8. The predicted molar refractivity (Wildman–Crippen MR) is 97.7 cm³/mol. The summed E-state index contributed by atoms with van der Waals surface area (Å²) in [6.07, 6.45) is 8.96. The number of hydrogen-bond donors (Lipinski definition) is 0. The monoisotopic (exact) mass is 338 g/mol. The molecule has 2 saturated heterocycles. The Kier molecular flexibility index (Phi) is 4.57. The van der Waals surface area contributed by atoms with E-state index in [1.54, 1.807) is 6.20 Å². The number of rotatable bonds is 4. The van der Waals surface area contributed by atoms with E-state index >= 15 is 0 Å². The molecule has 3 heterocycles. The summed E-state index contributed by atoms with van der Waals surface area (Å²) in [5.74, 6) is 0.273. The summed E-state index contributed by atoms with van der Waals surface area (Å²) in [7, 11) is 2.20. The molecule has 1 amide bonds. The molecule has 132 valence electrons. The zero-order chi connectivity index (χ0) is 17.2. The number of likely N-dealkylation sites (tertiary alicyclic amines) is 2. The second kappa shape index (κ2) is 7.00. The molecule has 0 N–H and O–H groups in total. The Morgan fingerprint density at radius 3 is 2.56 bits per heavy atom. The fraction of sp³-hybridized carbons (Fsp3) is 0.500. The summed E-state index contributed by atoms with van der Waals surface area (Å²) >= 11 is 0. The number of amides is 1. The van der Waals surface area contributed by atoms with E-state index in [9.17, 15) is 4.79 Å². The molecule has 2 aromatic rings. The highest BCUT2D eigenvalue weighted by Crippen LogP contribution is 2.29. The second-order valence-corrected chi connectivity index (χ2v) is 7.28. The average Bonchev–Trinajstić information content (AvgIpc) is 3.36. The number of nitrogens with zero attached hydrogens (tertiary/aromatic N) is 4. The van der Waals surface area contributed by atoms with Gasteiger partial charge in [-0.1, -0.05) is 12.1 Å². The summed E-state index contributed by atoms with van der Waals surface area (Å²) in [6, 6.07) is 11.0. The van der Waals surface area contributed by atoms with E-state index in [2.05, 4.69) is 21.9 Å². The van der Waals surface area contributed by atoms with Crippen molar-refractivity contribution in [3.05, 3.63) is 48.3 Å². The molecule has 0 spiro atoms. The van der Waals surface area contributed by atoms with Crippen LogP contribution in [0.15, 0.2) is 42.7 Å². The van der Waals surface area contributed by atoms with Crippen LogP contribution in [0.25, 0.3) is 5.69 Å². The standard InChI is InChI=1S/C20H26N4O/c1-22-12-2-5-18(22)19-6-3-13-23(19)20(25)15-16-7-9-17(10-8-16)24-14-4-11-21-24/h4,7-11,14,18-19H,2-3,5-6,12-13,15H2,1H3. The van der Waals surface area contributed by atoms with Gasteiger partial charge in [-0.2, -0.15) is 5.10 Å². The molecule has 4 rings (SSSR count). The Morgan fingerprint density at radius 2 is 1.88 bits per heavy atom. The SMILES string of the molecule is CN1CCCC1C1CCCN1C(=O)Cc1ccc(-n2cccn2)cc1. The number of carbonyl (C=O) groups excluding carboxylic acids is 1. The first-order valence-corrected chi connectivity index (χ1v) is 9.31. The van der Waals surface area contributed by atoms with Gasteiger partial charge in [0.05, 0.1) is 12.1 Å². The van der Waals surface area contributed by atoms with Crippen molar-refractivity contribution in [3.63, 3.8) is 0 Å². The summed E-state index contributed by atoms with van der Waals surface area (Å²) in [5, 5.41) is 4.24. The van der Waals surface area contributed by atoms with Crippen molar-refractivity contribution >= 4 is 5.91 Å². The van der Waals surface area contributed by atoms with E-state index in [1.807, 2.05) is 41.2 Å². The largest absolute Gasteiger partial charge is 0.338 e. The van der Waals surface area contributed by atoms with E-state index < -0.39 is 0 Å². The maximum atomic E-state index is 12.9. The lowest BCUT2D eigenvalue weighted by Gasteiger charge is -2.33. The fourth-order valence-electron chi connectivity index (χ4n) is 4.39. The first kappa shape index (κ1) is 16.3. The Labute approximate surface area is 149 Å². The van der Waals surface area contributed by atoms with Gasteiger partial charge in [0.15, 0.2) is 0 Å². The first-order valence-electron chi connectivity index (χ1n) is 9.31. The van der Waals surface area contributed by atoms with Crippen LogP contribution < -0.4 is 0 Å². The van der Waals surface area contributed by atoms with Gasteiger partial charge in [0.25, 0.3) is 0 Å². The third-order valence-corrected chi connectivity index (χ3v) is 5.70. The van der Waals surface area contributed by atoms with Crippen molar-refractivity contribution in [3.8, 4) is 5.69 Å². The van der Waals surface area contributed by atoms with Crippen molar-refractivity contribution in [2.45, 2.75) is 44.2 Å². The highest BCUT2D eigenvalue weighted by molar-refractivity contribution is 5.79. The van der Waals surface area contributed by atoms with Gasteiger partial charge in [0.1, 0.15) is 0 Å². The summed E-state index contributed by atoms with van der Waals surface area (Å²) < 4.78 is 1.83. The molecule has 2 aliphatic rings. The smallest absolute Gasteiger partial charge is 0.227 e. The van der Waals surface area contributed by atoms with Crippen LogP contribution in [0.2, 0.25) is 0 Å². The summed E-state index contributed by atoms with van der Waals surface area (Å²) in [5.41, 5.74) is 2.10. The molecule has 0 saturated carbocycles. The third kappa shape index (κ3) is 3.33. The summed E-state index contributed by atoms with van der Waals surface area (Å²) in [4.78, 5) is 17.5. The number of hydrogen-bond acceptors (Lipinski definition) is 3. The summed E-state index contributed by atoms with van der Waals surface area (Å²) in [6.45, 7) is 2.08. The molecule has 25 heavy (non-hydrogen) atoms. The Hall–Kier alpha value is -2.14. The van der Waals surface area contributed by atoms with Gasteiger partial charge < -0.3 is 9.80 Å². The molecular weight excluding hydrogens is 312 g/mol. The molecular formula is C20H26N4O. The van der Waals surface area contributed by atoms with Crippen LogP contribution in [0.4, 0.5) is 0 Å². The third-order valence-electron chi connectivity index (χ3n) is 5.70. The van der Waals surface area contributed by atoms with Gasteiger partial charge in [0, 0.05) is 31.0 Å². The van der Waals surface area contributed by atoms with E-state index in [4.69, 9.17) is 0 Å². The van der Waals surface area contributed by atoms with Crippen molar-refractivity contribution < 1.29 is 4.79 Å². The maximum absolute atomic E-state index is 12.9. The van der Waals surface area contributed by atoms with Crippen LogP contribution in [0.3, 0.4) is 0 Å². The van der Waals surface area contributed by atoms with E-state index in [0.717, 1.165) is 37.2 Å². The molecule has 2 unspecified atom stereocenters. The topological polar surface area (TPSA) is 41.4 Å². The fourth-order valence-corrected chi connectivity index (χ4v) is 4.39. The Balaban J connectivity index is 1.42. The van der Waals surface area contributed by atoms with Crippen molar-refractivity contribution in [2.75, 3.05) is 20.1 Å². The van der Waals surface area contributed by atoms with Crippen LogP contribution in [0, 0.1) is 0 Å². The number of carbonyl (C=O) groups is 1. The highest BCUT2D eigenvalue weighted by atomic mass is 16.2. The minimum Gasteiger partial charge on any atom is -0.338 e. The number of aromatic nitrogens is 2. The minimum atomic E-state index is 0.273. The zero-order valence-electron chi connectivity index (χ0n) is 14.8. The van der Waals surface area contributed by atoms with Crippen LogP contribution >= 0.6 is 0 Å². The van der Waals surface area contributed by atoms with E-state index in [-0.39, 0.29) is 5.91 Å². The minimum absolute atomic E-state index is 0.273. The molecule has 2 aliphatic heterocycles. The highest BCUT2D eigenvalue weighted by Gasteiger charge is 2.38. The molecule has 5 heteroatoms. The van der Waals surface area contributed by atoms with Gasteiger partial charge >= 0.3 is 0 Å². The van der Waals surface area contributed by atoms with Gasteiger partial charge in [-0.15, -0.1) is 0 Å². The van der Waals surface area contributed by atoms with Crippen LogP contribution in [0.5, 0.6) is 0 Å². The average molecular weight is 338 g/mol. The van der Waals surface area contributed by atoms with Gasteiger partial charge in [-0.05, 0) is 63.0 Å². The Bertz CT molecular complexity index is 710. The normalized spacial score (nSPS) is 24.1. The number of benzene rings is 1. The lowest BCUT2D eigenvalue weighted by atomic mass is 10.0. The van der Waals surface area contributed by atoms with Gasteiger partial charge in [-0.3, -0.25) is 4.79 Å². The molecule has 0 radical (unpaired) electrons. The lowest BCUT2D eigenvalue weighted by molar-refractivity contribution is -0.132. The quantitative estimate of drug-likeness (QED) is 0.860. The molecule has 0 bridgehead atoms. The maximum Gasteiger partial charge on any atom is 0.227 e. The van der Waals surface area contributed by atoms with Gasteiger partial charge in [-0.25, -0.2) is 4.68 Å². The van der Waals surface area contributed by atoms with Crippen LogP contribution in [-0.4, -0.2) is 57.7 Å². The molecule has 2 fully saturated rings. The molecule has 0 aliphatic carbocycles. The molecule has 1 aromatic heterocycles. The molecule has 2 atom stereocenters. The molecule has 1 aromatic carbocycles. The Morgan fingerprint density at radius 1 is 1.12 bits per heavy atom.